The van der Waals surface area contributed by atoms with Gasteiger partial charge in [-0.15, -0.1) is 0 Å². The normalized spacial score (nSPS) is 20.1. The predicted molar refractivity (Wildman–Crippen MR) is 74.0 cm³/mol. The minimum absolute atomic E-state index is 0.100. The molecule has 2 N–H and O–H groups in total. The Morgan fingerprint density at radius 1 is 1.35 bits per heavy atom. The third kappa shape index (κ3) is 2.16. The van der Waals surface area contributed by atoms with E-state index in [1.165, 1.54) is 10.0 Å². The van der Waals surface area contributed by atoms with Crippen molar-refractivity contribution in [1.29, 1.82) is 0 Å². The Bertz CT molecular complexity index is 388. The van der Waals surface area contributed by atoms with Crippen molar-refractivity contribution in [2.24, 2.45) is 17.6 Å². The number of rotatable bonds is 4. The first-order chi connectivity index (χ1) is 8.12. The molecule has 2 rings (SSSR count). The molecular weight excluding hydrogens is 278 g/mol. The van der Waals surface area contributed by atoms with Crippen molar-refractivity contribution < 1.29 is 4.74 Å². The van der Waals surface area contributed by atoms with Crippen LogP contribution in [0.2, 0.25) is 0 Å². The van der Waals surface area contributed by atoms with E-state index in [0.717, 1.165) is 13.2 Å². The Morgan fingerprint density at radius 3 is 2.41 bits per heavy atom. The summed E-state index contributed by atoms with van der Waals surface area (Å²) in [6.45, 7) is 6.77. The summed E-state index contributed by atoms with van der Waals surface area (Å²) in [6, 6.07) is 8.43. The molecule has 0 spiro atoms. The van der Waals surface area contributed by atoms with Crippen LogP contribution in [0, 0.1) is 11.8 Å². The second-order valence-electron chi connectivity index (χ2n) is 5.21. The highest BCUT2D eigenvalue weighted by molar-refractivity contribution is 9.10. The van der Waals surface area contributed by atoms with Crippen LogP contribution in [0.25, 0.3) is 0 Å². The van der Waals surface area contributed by atoms with Crippen molar-refractivity contribution in [3.8, 4) is 0 Å². The summed E-state index contributed by atoms with van der Waals surface area (Å²) in [7, 11) is 0. The minimum atomic E-state index is 0.100. The van der Waals surface area contributed by atoms with Crippen LogP contribution in [0.5, 0.6) is 0 Å². The molecule has 1 heterocycles. The van der Waals surface area contributed by atoms with Crippen LogP contribution in [0.4, 0.5) is 0 Å². The first-order valence-corrected chi connectivity index (χ1v) is 6.94. The first-order valence-electron chi connectivity index (χ1n) is 6.14. The summed E-state index contributed by atoms with van der Waals surface area (Å²) in [6.07, 6.45) is 0. The highest BCUT2D eigenvalue weighted by Crippen LogP contribution is 2.44. The van der Waals surface area contributed by atoms with Gasteiger partial charge in [0.25, 0.3) is 0 Å². The van der Waals surface area contributed by atoms with E-state index in [2.05, 4.69) is 48.0 Å². The number of hydrogen-bond donors (Lipinski definition) is 1. The number of ether oxygens (including phenoxy) is 1. The van der Waals surface area contributed by atoms with Crippen molar-refractivity contribution in [3.63, 3.8) is 0 Å². The van der Waals surface area contributed by atoms with Gasteiger partial charge in [0, 0.05) is 9.89 Å². The minimum Gasteiger partial charge on any atom is -0.379 e. The molecule has 1 fully saturated rings. The van der Waals surface area contributed by atoms with Crippen LogP contribution in [0.1, 0.15) is 19.4 Å². The Morgan fingerprint density at radius 2 is 2.00 bits per heavy atom. The highest BCUT2D eigenvalue weighted by Gasteiger charge is 2.48. The zero-order valence-corrected chi connectivity index (χ0v) is 12.0. The molecule has 0 saturated carbocycles. The summed E-state index contributed by atoms with van der Waals surface area (Å²) in [5, 5.41) is 0. The van der Waals surface area contributed by atoms with Gasteiger partial charge in [0.1, 0.15) is 0 Å². The molecule has 2 nitrogen and oxygen atoms in total. The fourth-order valence-electron chi connectivity index (χ4n) is 2.89. The number of halogens is 1. The molecule has 3 heteroatoms. The van der Waals surface area contributed by atoms with Crippen molar-refractivity contribution in [2.75, 3.05) is 19.8 Å². The van der Waals surface area contributed by atoms with E-state index >= 15 is 0 Å². The maximum absolute atomic E-state index is 5.99. The lowest BCUT2D eigenvalue weighted by Gasteiger charge is -2.49. The molecule has 1 aliphatic rings. The quantitative estimate of drug-likeness (QED) is 0.927. The van der Waals surface area contributed by atoms with Gasteiger partial charge in [-0.05, 0) is 30.0 Å². The van der Waals surface area contributed by atoms with Crippen molar-refractivity contribution in [3.05, 3.63) is 34.3 Å². The van der Waals surface area contributed by atoms with E-state index in [-0.39, 0.29) is 5.41 Å². The Hall–Kier alpha value is -0.380. The zero-order chi connectivity index (χ0) is 12.5. The van der Waals surface area contributed by atoms with Gasteiger partial charge in [0.15, 0.2) is 0 Å². The van der Waals surface area contributed by atoms with Crippen LogP contribution < -0.4 is 5.73 Å². The van der Waals surface area contributed by atoms with E-state index in [1.54, 1.807) is 0 Å². The molecule has 17 heavy (non-hydrogen) atoms. The molecule has 0 aliphatic carbocycles. The molecule has 0 aromatic heterocycles. The van der Waals surface area contributed by atoms with Gasteiger partial charge in [0.05, 0.1) is 13.2 Å². The average molecular weight is 298 g/mol. The molecule has 1 atom stereocenters. The molecule has 1 aromatic carbocycles. The first kappa shape index (κ1) is 13.1. The van der Waals surface area contributed by atoms with E-state index in [4.69, 9.17) is 10.5 Å². The summed E-state index contributed by atoms with van der Waals surface area (Å²) in [4.78, 5) is 0. The summed E-state index contributed by atoms with van der Waals surface area (Å²) < 4.78 is 6.67. The lowest BCUT2D eigenvalue weighted by Crippen LogP contribution is -2.56. The zero-order valence-electron chi connectivity index (χ0n) is 10.4. The highest BCUT2D eigenvalue weighted by atomic mass is 79.9. The van der Waals surface area contributed by atoms with Gasteiger partial charge in [0.2, 0.25) is 0 Å². The molecule has 94 valence electrons. The van der Waals surface area contributed by atoms with E-state index in [1.807, 2.05) is 6.07 Å². The van der Waals surface area contributed by atoms with Gasteiger partial charge >= 0.3 is 0 Å². The van der Waals surface area contributed by atoms with Gasteiger partial charge in [-0.2, -0.15) is 0 Å². The van der Waals surface area contributed by atoms with Gasteiger partial charge in [-0.25, -0.2) is 0 Å². The molecular formula is C14H20BrNO. The maximum Gasteiger partial charge on any atom is 0.0589 e. The molecule has 0 radical (unpaired) electrons. The van der Waals surface area contributed by atoms with Crippen LogP contribution in [0.15, 0.2) is 28.7 Å². The van der Waals surface area contributed by atoms with E-state index in [0.29, 0.717) is 18.4 Å². The second kappa shape index (κ2) is 5.09. The van der Waals surface area contributed by atoms with Crippen molar-refractivity contribution in [1.82, 2.24) is 0 Å². The standard InChI is InChI=1S/C14H20BrNO/c1-10(2)12(7-16)14(8-17-9-14)11-5-3-4-6-13(11)15/h3-6,10,12H,7-9,16H2,1-2H3. The topological polar surface area (TPSA) is 35.2 Å². The maximum atomic E-state index is 5.99. The molecule has 1 aliphatic heterocycles. The Kier molecular flexibility index (Phi) is 3.91. The van der Waals surface area contributed by atoms with Crippen LogP contribution in [-0.4, -0.2) is 19.8 Å². The third-order valence-corrected chi connectivity index (χ3v) is 4.59. The van der Waals surface area contributed by atoms with Crippen molar-refractivity contribution >= 4 is 15.9 Å². The van der Waals surface area contributed by atoms with E-state index < -0.39 is 0 Å². The molecule has 1 unspecified atom stereocenters. The number of hydrogen-bond acceptors (Lipinski definition) is 2. The van der Waals surface area contributed by atoms with Crippen LogP contribution in [0.3, 0.4) is 0 Å². The lowest BCUT2D eigenvalue weighted by molar-refractivity contribution is -0.0985. The monoisotopic (exact) mass is 297 g/mol. The van der Waals surface area contributed by atoms with Crippen LogP contribution >= 0.6 is 15.9 Å². The molecule has 0 bridgehead atoms. The smallest absolute Gasteiger partial charge is 0.0589 e. The second-order valence-corrected chi connectivity index (χ2v) is 6.07. The number of nitrogens with two attached hydrogens (primary N) is 1. The summed E-state index contributed by atoms with van der Waals surface area (Å²) in [5.74, 6) is 1.03. The lowest BCUT2D eigenvalue weighted by atomic mass is 9.64. The SMILES string of the molecule is CC(C)C(CN)C1(c2ccccc2Br)COC1. The van der Waals surface area contributed by atoms with Crippen molar-refractivity contribution in [2.45, 2.75) is 19.3 Å². The van der Waals surface area contributed by atoms with Gasteiger partial charge in [-0.1, -0.05) is 48.0 Å². The van der Waals surface area contributed by atoms with Gasteiger partial charge < -0.3 is 10.5 Å². The fraction of sp³-hybridized carbons (Fsp3) is 0.571. The molecule has 0 amide bonds. The largest absolute Gasteiger partial charge is 0.379 e. The molecule has 1 aromatic rings. The Labute approximate surface area is 112 Å². The van der Waals surface area contributed by atoms with Gasteiger partial charge in [-0.3, -0.25) is 0 Å². The fourth-order valence-corrected chi connectivity index (χ4v) is 3.57. The predicted octanol–water partition coefficient (Wildman–Crippen LogP) is 2.95. The molecule has 1 saturated heterocycles. The third-order valence-electron chi connectivity index (χ3n) is 3.90. The number of benzene rings is 1. The summed E-state index contributed by atoms with van der Waals surface area (Å²) in [5.41, 5.74) is 7.43. The van der Waals surface area contributed by atoms with Crippen LogP contribution in [-0.2, 0) is 10.2 Å². The average Bonchev–Trinajstić information content (AvgIpc) is 2.24. The van der Waals surface area contributed by atoms with E-state index in [9.17, 15) is 0 Å². The Balaban J connectivity index is 2.41. The summed E-state index contributed by atoms with van der Waals surface area (Å²) >= 11 is 3.66.